The maximum absolute atomic E-state index is 13.0. The van der Waals surface area contributed by atoms with Crippen LogP contribution >= 0.6 is 27.7 Å². The maximum Gasteiger partial charge on any atom is 0.293 e. The number of hydrogen-bond acceptors (Lipinski definition) is 7. The maximum atomic E-state index is 13.0. The third kappa shape index (κ3) is 5.99. The van der Waals surface area contributed by atoms with Gasteiger partial charge in [-0.1, -0.05) is 52.3 Å². The number of nitro groups is 1. The highest BCUT2D eigenvalue weighted by Crippen LogP contribution is 2.36. The molecule has 0 aromatic heterocycles. The van der Waals surface area contributed by atoms with Crippen LogP contribution in [0.1, 0.15) is 11.1 Å². The predicted molar refractivity (Wildman–Crippen MR) is 139 cm³/mol. The molecule has 1 N–H and O–H groups in total. The van der Waals surface area contributed by atoms with Crippen molar-refractivity contribution in [3.63, 3.8) is 0 Å². The van der Waals surface area contributed by atoms with Crippen LogP contribution in [-0.4, -0.2) is 33.5 Å². The topological polar surface area (TPSA) is 119 Å². The van der Waals surface area contributed by atoms with Crippen LogP contribution in [0.15, 0.2) is 82.2 Å². The first kappa shape index (κ1) is 25.1. The highest BCUT2D eigenvalue weighted by atomic mass is 79.9. The largest absolute Gasteiger partial charge is 0.483 e. The van der Waals surface area contributed by atoms with E-state index >= 15 is 0 Å². The van der Waals surface area contributed by atoms with Gasteiger partial charge in [-0.15, -0.1) is 0 Å². The van der Waals surface area contributed by atoms with Crippen LogP contribution in [0, 0.1) is 10.1 Å². The number of thioether (sulfide) groups is 1. The van der Waals surface area contributed by atoms with E-state index < -0.39 is 16.1 Å². The van der Waals surface area contributed by atoms with Gasteiger partial charge in [0.05, 0.1) is 16.4 Å². The third-order valence-electron chi connectivity index (χ3n) is 5.07. The Bertz CT molecular complexity index is 1380. The van der Waals surface area contributed by atoms with Crippen molar-refractivity contribution in [2.45, 2.75) is 6.54 Å². The number of imide groups is 1. The van der Waals surface area contributed by atoms with E-state index in [0.29, 0.717) is 21.5 Å². The lowest BCUT2D eigenvalue weighted by molar-refractivity contribution is -0.385. The van der Waals surface area contributed by atoms with Crippen LogP contribution in [0.3, 0.4) is 0 Å². The molecule has 3 aromatic rings. The van der Waals surface area contributed by atoms with Crippen LogP contribution in [0.4, 0.5) is 16.2 Å². The van der Waals surface area contributed by atoms with E-state index in [1.54, 1.807) is 48.5 Å². The van der Waals surface area contributed by atoms with Gasteiger partial charge in [0.15, 0.2) is 6.61 Å². The first-order valence-electron chi connectivity index (χ1n) is 10.6. The first-order chi connectivity index (χ1) is 17.3. The molecule has 0 aliphatic carbocycles. The fourth-order valence-electron chi connectivity index (χ4n) is 3.40. The normalized spacial score (nSPS) is 14.2. The SMILES string of the molecule is O=C(COc1ccc(Br)cc1/C=C1\SC(=O)N(Cc2ccccc2[N+](=O)[O-])C1=O)Nc1ccccc1. The molecule has 9 nitrogen and oxygen atoms in total. The number of ether oxygens (including phenoxy) is 1. The van der Waals surface area contributed by atoms with Gasteiger partial charge in [0, 0.05) is 27.4 Å². The number of benzene rings is 3. The second-order valence-electron chi connectivity index (χ2n) is 7.54. The molecule has 3 aromatic carbocycles. The van der Waals surface area contributed by atoms with Gasteiger partial charge in [-0.25, -0.2) is 0 Å². The molecule has 1 fully saturated rings. The lowest BCUT2D eigenvalue weighted by Gasteiger charge is -2.13. The molecule has 4 rings (SSSR count). The van der Waals surface area contributed by atoms with Crippen LogP contribution in [0.25, 0.3) is 6.08 Å². The Hall–Kier alpha value is -3.96. The molecular weight excluding hydrogens is 550 g/mol. The Morgan fingerprint density at radius 2 is 1.81 bits per heavy atom. The average molecular weight is 568 g/mol. The zero-order valence-electron chi connectivity index (χ0n) is 18.5. The van der Waals surface area contributed by atoms with Crippen molar-refractivity contribution < 1.29 is 24.0 Å². The van der Waals surface area contributed by atoms with Gasteiger partial charge < -0.3 is 10.1 Å². The van der Waals surface area contributed by atoms with Crippen LogP contribution in [0.5, 0.6) is 5.75 Å². The molecule has 182 valence electrons. The number of hydrogen-bond donors (Lipinski definition) is 1. The van der Waals surface area contributed by atoms with Crippen molar-refractivity contribution in [1.29, 1.82) is 0 Å². The van der Waals surface area contributed by atoms with Crippen molar-refractivity contribution in [1.82, 2.24) is 4.90 Å². The second-order valence-corrected chi connectivity index (χ2v) is 9.45. The van der Waals surface area contributed by atoms with Crippen molar-refractivity contribution in [2.24, 2.45) is 0 Å². The number of nitro benzene ring substituents is 1. The predicted octanol–water partition coefficient (Wildman–Crippen LogP) is 5.61. The molecule has 1 aliphatic heterocycles. The summed E-state index contributed by atoms with van der Waals surface area (Å²) in [7, 11) is 0. The van der Waals surface area contributed by atoms with Gasteiger partial charge in [-0.05, 0) is 48.2 Å². The summed E-state index contributed by atoms with van der Waals surface area (Å²) in [4.78, 5) is 49.7. The number of nitrogens with one attached hydrogen (secondary N) is 1. The van der Waals surface area contributed by atoms with E-state index in [1.807, 2.05) is 6.07 Å². The number of anilines is 1. The molecule has 11 heteroatoms. The highest BCUT2D eigenvalue weighted by molar-refractivity contribution is 9.10. The Balaban J connectivity index is 1.51. The minimum absolute atomic E-state index is 0.135. The molecule has 0 unspecified atom stereocenters. The molecule has 0 radical (unpaired) electrons. The fourth-order valence-corrected chi connectivity index (χ4v) is 4.60. The standard InChI is InChI=1S/C25H18BrN3O6S/c26-18-10-11-21(35-15-23(30)27-19-7-2-1-3-8-19)17(12-18)13-22-24(31)28(25(32)36-22)14-16-6-4-5-9-20(16)29(33)34/h1-13H,14-15H2,(H,27,30)/b22-13-. The van der Waals surface area contributed by atoms with Gasteiger partial charge in [0.1, 0.15) is 5.75 Å². The smallest absolute Gasteiger partial charge is 0.293 e. The summed E-state index contributed by atoms with van der Waals surface area (Å²) >= 11 is 4.11. The lowest BCUT2D eigenvalue weighted by Crippen LogP contribution is -2.27. The number of amides is 3. The molecular formula is C25H18BrN3O6S. The third-order valence-corrected chi connectivity index (χ3v) is 6.47. The van der Waals surface area contributed by atoms with E-state index in [1.165, 1.54) is 24.3 Å². The zero-order chi connectivity index (χ0) is 25.7. The van der Waals surface area contributed by atoms with Crippen molar-refractivity contribution >= 4 is 62.2 Å². The number of para-hydroxylation sites is 2. The number of carbonyl (C=O) groups is 3. The highest BCUT2D eigenvalue weighted by Gasteiger charge is 2.36. The van der Waals surface area contributed by atoms with E-state index in [9.17, 15) is 24.5 Å². The monoisotopic (exact) mass is 567 g/mol. The molecule has 0 saturated carbocycles. The van der Waals surface area contributed by atoms with Gasteiger partial charge in [-0.3, -0.25) is 29.4 Å². The van der Waals surface area contributed by atoms with E-state index in [4.69, 9.17) is 4.74 Å². The number of halogens is 1. The van der Waals surface area contributed by atoms with Gasteiger partial charge in [-0.2, -0.15) is 0 Å². The summed E-state index contributed by atoms with van der Waals surface area (Å²) < 4.78 is 6.39. The average Bonchev–Trinajstić information content (AvgIpc) is 3.11. The molecule has 1 heterocycles. The number of nitrogens with zero attached hydrogens (tertiary/aromatic N) is 2. The Labute approximate surface area is 218 Å². The summed E-state index contributed by atoms with van der Waals surface area (Å²) in [5.41, 5.74) is 1.20. The summed E-state index contributed by atoms with van der Waals surface area (Å²) in [6.45, 7) is -0.489. The lowest BCUT2D eigenvalue weighted by atomic mass is 10.1. The van der Waals surface area contributed by atoms with Crippen LogP contribution < -0.4 is 10.1 Å². The van der Waals surface area contributed by atoms with Crippen LogP contribution in [0.2, 0.25) is 0 Å². The fraction of sp³-hybridized carbons (Fsp3) is 0.0800. The molecule has 0 bridgehead atoms. The summed E-state index contributed by atoms with van der Waals surface area (Å²) in [6, 6.07) is 20.0. The Morgan fingerprint density at radius 1 is 1.08 bits per heavy atom. The Kier molecular flexibility index (Phi) is 7.81. The number of rotatable bonds is 8. The quantitative estimate of drug-likeness (QED) is 0.213. The van der Waals surface area contributed by atoms with E-state index in [2.05, 4.69) is 21.2 Å². The van der Waals surface area contributed by atoms with Crippen LogP contribution in [-0.2, 0) is 16.1 Å². The number of carbonyl (C=O) groups excluding carboxylic acids is 3. The summed E-state index contributed by atoms with van der Waals surface area (Å²) in [6.07, 6.45) is 1.50. The van der Waals surface area contributed by atoms with E-state index in [-0.39, 0.29) is 35.2 Å². The summed E-state index contributed by atoms with van der Waals surface area (Å²) in [5.74, 6) is -0.595. The van der Waals surface area contributed by atoms with Crippen molar-refractivity contribution in [3.05, 3.63) is 103 Å². The first-order valence-corrected chi connectivity index (χ1v) is 12.2. The molecule has 0 spiro atoms. The summed E-state index contributed by atoms with van der Waals surface area (Å²) in [5, 5.41) is 13.5. The molecule has 1 saturated heterocycles. The Morgan fingerprint density at radius 3 is 2.56 bits per heavy atom. The van der Waals surface area contributed by atoms with E-state index in [0.717, 1.165) is 16.7 Å². The molecule has 36 heavy (non-hydrogen) atoms. The van der Waals surface area contributed by atoms with Gasteiger partial charge >= 0.3 is 0 Å². The zero-order valence-corrected chi connectivity index (χ0v) is 21.0. The minimum atomic E-state index is -0.573. The van der Waals surface area contributed by atoms with Crippen molar-refractivity contribution in [3.8, 4) is 5.75 Å². The minimum Gasteiger partial charge on any atom is -0.483 e. The van der Waals surface area contributed by atoms with Crippen molar-refractivity contribution in [2.75, 3.05) is 11.9 Å². The van der Waals surface area contributed by atoms with Gasteiger partial charge in [0.25, 0.3) is 22.7 Å². The van der Waals surface area contributed by atoms with Gasteiger partial charge in [0.2, 0.25) is 0 Å². The second kappa shape index (κ2) is 11.2. The molecule has 3 amide bonds. The molecule has 0 atom stereocenters. The molecule has 1 aliphatic rings.